The Kier molecular flexibility index (Phi) is 4.02. The summed E-state index contributed by atoms with van der Waals surface area (Å²) in [6.07, 6.45) is 4.91. The molecule has 0 spiro atoms. The monoisotopic (exact) mass is 302 g/mol. The summed E-state index contributed by atoms with van der Waals surface area (Å²) in [5.41, 5.74) is 1.30. The molecule has 0 aromatic heterocycles. The lowest BCUT2D eigenvalue weighted by Gasteiger charge is -2.23. The second kappa shape index (κ2) is 5.82. The smallest absolute Gasteiger partial charge is 0.412 e. The van der Waals surface area contributed by atoms with Gasteiger partial charge in [-0.15, -0.1) is 0 Å². The number of rotatable bonds is 5. The van der Waals surface area contributed by atoms with Crippen LogP contribution in [-0.2, 0) is 4.74 Å². The van der Waals surface area contributed by atoms with Gasteiger partial charge in [0.15, 0.2) is 0 Å². The molecule has 0 unspecified atom stereocenters. The first-order valence-corrected chi connectivity index (χ1v) is 8.28. The third-order valence-corrected chi connectivity index (χ3v) is 4.14. The van der Waals surface area contributed by atoms with Gasteiger partial charge in [-0.3, -0.25) is 5.32 Å². The summed E-state index contributed by atoms with van der Waals surface area (Å²) in [6.45, 7) is 5.60. The molecule has 0 saturated heterocycles. The van der Waals surface area contributed by atoms with Crippen LogP contribution in [0, 0.1) is 11.8 Å². The molecule has 4 heteroatoms. The molecule has 120 valence electrons. The first-order chi connectivity index (χ1) is 10.4. The van der Waals surface area contributed by atoms with Gasteiger partial charge in [-0.2, -0.15) is 0 Å². The highest BCUT2D eigenvalue weighted by atomic mass is 16.6. The number of para-hydroxylation sites is 2. The van der Waals surface area contributed by atoms with Crippen molar-refractivity contribution in [3.05, 3.63) is 24.3 Å². The lowest BCUT2D eigenvalue weighted by molar-refractivity contribution is 0.0636. The molecule has 2 fully saturated rings. The van der Waals surface area contributed by atoms with Crippen molar-refractivity contribution in [2.75, 3.05) is 10.6 Å². The predicted molar refractivity (Wildman–Crippen MR) is 89.2 cm³/mol. The van der Waals surface area contributed by atoms with Crippen LogP contribution in [0.15, 0.2) is 24.3 Å². The maximum atomic E-state index is 12.0. The van der Waals surface area contributed by atoms with E-state index in [2.05, 4.69) is 10.6 Å². The van der Waals surface area contributed by atoms with Crippen molar-refractivity contribution in [3.63, 3.8) is 0 Å². The number of carbonyl (C=O) groups is 1. The molecule has 2 saturated carbocycles. The maximum Gasteiger partial charge on any atom is 0.412 e. The van der Waals surface area contributed by atoms with Crippen LogP contribution in [0.5, 0.6) is 0 Å². The lowest BCUT2D eigenvalue weighted by Crippen LogP contribution is -2.28. The number of benzene rings is 1. The Morgan fingerprint density at radius 3 is 2.14 bits per heavy atom. The highest BCUT2D eigenvalue weighted by molar-refractivity contribution is 5.89. The molecule has 0 aliphatic heterocycles. The Balaban J connectivity index is 1.68. The molecule has 1 aromatic rings. The number of anilines is 2. The standard InChI is InChI=1S/C18H26N2O2/c1-18(2,3)22-17(21)20-15-7-5-4-6-14(15)19-16(12-8-9-12)13-10-11-13/h4-7,12-13,16,19H,8-11H2,1-3H3,(H,20,21). The molecule has 0 radical (unpaired) electrons. The molecule has 1 aromatic carbocycles. The van der Waals surface area contributed by atoms with Gasteiger partial charge in [0.1, 0.15) is 5.60 Å². The van der Waals surface area contributed by atoms with Crippen molar-refractivity contribution in [2.45, 2.75) is 58.1 Å². The molecule has 2 aliphatic rings. The van der Waals surface area contributed by atoms with Crippen LogP contribution in [0.2, 0.25) is 0 Å². The Labute approximate surface area is 132 Å². The Morgan fingerprint density at radius 1 is 1.09 bits per heavy atom. The van der Waals surface area contributed by atoms with E-state index in [1.165, 1.54) is 25.7 Å². The molecule has 2 N–H and O–H groups in total. The van der Waals surface area contributed by atoms with Crippen molar-refractivity contribution in [1.29, 1.82) is 0 Å². The maximum absolute atomic E-state index is 12.0. The first-order valence-electron chi connectivity index (χ1n) is 8.28. The SMILES string of the molecule is CC(C)(C)OC(=O)Nc1ccccc1NC(C1CC1)C1CC1. The number of hydrogen-bond donors (Lipinski definition) is 2. The zero-order valence-electron chi connectivity index (χ0n) is 13.7. The van der Waals surface area contributed by atoms with Gasteiger partial charge < -0.3 is 10.1 Å². The normalized spacial score (nSPS) is 18.2. The third-order valence-electron chi connectivity index (χ3n) is 4.14. The van der Waals surface area contributed by atoms with E-state index in [0.29, 0.717) is 6.04 Å². The summed E-state index contributed by atoms with van der Waals surface area (Å²) >= 11 is 0. The highest BCUT2D eigenvalue weighted by Crippen LogP contribution is 2.46. The summed E-state index contributed by atoms with van der Waals surface area (Å²) in [4.78, 5) is 12.0. The Bertz CT molecular complexity index is 530. The van der Waals surface area contributed by atoms with E-state index in [1.807, 2.05) is 45.0 Å². The summed E-state index contributed by atoms with van der Waals surface area (Å²) in [6, 6.07) is 8.44. The summed E-state index contributed by atoms with van der Waals surface area (Å²) in [5.74, 6) is 1.61. The average molecular weight is 302 g/mol. The van der Waals surface area contributed by atoms with E-state index in [0.717, 1.165) is 23.2 Å². The van der Waals surface area contributed by atoms with Crippen molar-refractivity contribution in [3.8, 4) is 0 Å². The number of amides is 1. The zero-order chi connectivity index (χ0) is 15.7. The molecular formula is C18H26N2O2. The minimum atomic E-state index is -0.489. The quantitative estimate of drug-likeness (QED) is 0.833. The fraction of sp³-hybridized carbons (Fsp3) is 0.611. The fourth-order valence-electron chi connectivity index (χ4n) is 2.84. The van der Waals surface area contributed by atoms with Crippen molar-refractivity contribution in [1.82, 2.24) is 0 Å². The number of ether oxygens (including phenoxy) is 1. The van der Waals surface area contributed by atoms with Crippen LogP contribution in [0.4, 0.5) is 16.2 Å². The minimum absolute atomic E-state index is 0.406. The van der Waals surface area contributed by atoms with Gasteiger partial charge in [-0.05, 0) is 70.4 Å². The molecule has 0 bridgehead atoms. The van der Waals surface area contributed by atoms with Gasteiger partial charge in [-0.25, -0.2) is 4.79 Å². The molecule has 1 amide bonds. The largest absolute Gasteiger partial charge is 0.444 e. The van der Waals surface area contributed by atoms with Gasteiger partial charge in [0.25, 0.3) is 0 Å². The van der Waals surface area contributed by atoms with E-state index >= 15 is 0 Å². The summed E-state index contributed by atoms with van der Waals surface area (Å²) in [7, 11) is 0. The summed E-state index contributed by atoms with van der Waals surface area (Å²) < 4.78 is 5.34. The van der Waals surface area contributed by atoms with Crippen molar-refractivity contribution < 1.29 is 9.53 Å². The molecule has 22 heavy (non-hydrogen) atoms. The average Bonchev–Trinajstić information content (AvgIpc) is 3.28. The van der Waals surface area contributed by atoms with E-state index < -0.39 is 11.7 Å². The molecule has 0 heterocycles. The van der Waals surface area contributed by atoms with Crippen LogP contribution < -0.4 is 10.6 Å². The molecular weight excluding hydrogens is 276 g/mol. The van der Waals surface area contributed by atoms with Crippen molar-refractivity contribution >= 4 is 17.5 Å². The van der Waals surface area contributed by atoms with Gasteiger partial charge in [0.05, 0.1) is 11.4 Å². The lowest BCUT2D eigenvalue weighted by atomic mass is 10.1. The second-order valence-electron chi connectivity index (χ2n) is 7.52. The highest BCUT2D eigenvalue weighted by Gasteiger charge is 2.41. The van der Waals surface area contributed by atoms with Crippen LogP contribution in [0.1, 0.15) is 46.5 Å². The molecule has 0 atom stereocenters. The van der Waals surface area contributed by atoms with Gasteiger partial charge >= 0.3 is 6.09 Å². The Morgan fingerprint density at radius 2 is 1.64 bits per heavy atom. The Hall–Kier alpha value is -1.71. The van der Waals surface area contributed by atoms with Crippen molar-refractivity contribution in [2.24, 2.45) is 11.8 Å². The van der Waals surface area contributed by atoms with E-state index in [1.54, 1.807) is 0 Å². The van der Waals surface area contributed by atoms with Crippen LogP contribution in [-0.4, -0.2) is 17.7 Å². The van der Waals surface area contributed by atoms with Gasteiger partial charge in [0.2, 0.25) is 0 Å². The fourth-order valence-corrected chi connectivity index (χ4v) is 2.84. The minimum Gasteiger partial charge on any atom is -0.444 e. The van der Waals surface area contributed by atoms with E-state index in [-0.39, 0.29) is 0 Å². The van der Waals surface area contributed by atoms with Crippen LogP contribution in [0.3, 0.4) is 0 Å². The predicted octanol–water partition coefficient (Wildman–Crippen LogP) is 4.63. The molecule has 4 nitrogen and oxygen atoms in total. The van der Waals surface area contributed by atoms with Crippen LogP contribution in [0.25, 0.3) is 0 Å². The topological polar surface area (TPSA) is 50.4 Å². The number of hydrogen-bond acceptors (Lipinski definition) is 3. The van der Waals surface area contributed by atoms with E-state index in [4.69, 9.17) is 4.74 Å². The number of nitrogens with one attached hydrogen (secondary N) is 2. The zero-order valence-corrected chi connectivity index (χ0v) is 13.7. The van der Waals surface area contributed by atoms with Crippen LogP contribution >= 0.6 is 0 Å². The second-order valence-corrected chi connectivity index (χ2v) is 7.52. The first kappa shape index (κ1) is 15.2. The molecule has 2 aliphatic carbocycles. The summed E-state index contributed by atoms with van der Waals surface area (Å²) in [5, 5.41) is 6.54. The number of carbonyl (C=O) groups excluding carboxylic acids is 1. The third kappa shape index (κ3) is 4.15. The molecule has 3 rings (SSSR count). The van der Waals surface area contributed by atoms with E-state index in [9.17, 15) is 4.79 Å². The van der Waals surface area contributed by atoms with Gasteiger partial charge in [-0.1, -0.05) is 12.1 Å². The van der Waals surface area contributed by atoms with Gasteiger partial charge in [0, 0.05) is 6.04 Å².